The fourth-order valence-electron chi connectivity index (χ4n) is 2.38. The Kier molecular flexibility index (Phi) is 6.53. The lowest BCUT2D eigenvalue weighted by Crippen LogP contribution is -2.26. The van der Waals surface area contributed by atoms with E-state index in [-0.39, 0.29) is 22.2 Å². The SMILES string of the molecule is Cc1ccc(S(=O)(=O)Oc2ccc(/C=N\N=C3\NC(=O)[C@H](CC(=O)O)S3)cc2)cc1. The van der Waals surface area contributed by atoms with E-state index in [1.807, 2.05) is 6.92 Å². The molecule has 30 heavy (non-hydrogen) atoms. The van der Waals surface area contributed by atoms with Crippen LogP contribution < -0.4 is 9.50 Å². The molecule has 156 valence electrons. The number of thioether (sulfide) groups is 1. The number of carboxylic acids is 1. The average Bonchev–Trinajstić information content (AvgIpc) is 3.02. The van der Waals surface area contributed by atoms with E-state index in [1.165, 1.54) is 30.5 Å². The van der Waals surface area contributed by atoms with Crippen LogP contribution in [0.2, 0.25) is 0 Å². The number of carboxylic acid groups (broad SMARTS) is 1. The van der Waals surface area contributed by atoms with Crippen molar-refractivity contribution in [2.24, 2.45) is 10.2 Å². The van der Waals surface area contributed by atoms with Crippen molar-refractivity contribution in [1.82, 2.24) is 5.32 Å². The van der Waals surface area contributed by atoms with Crippen molar-refractivity contribution < 1.29 is 27.3 Å². The van der Waals surface area contributed by atoms with Gasteiger partial charge in [0.1, 0.15) is 15.9 Å². The highest BCUT2D eigenvalue weighted by Gasteiger charge is 2.32. The number of aryl methyl sites for hydroxylation is 1. The summed E-state index contributed by atoms with van der Waals surface area (Å²) in [6.45, 7) is 1.86. The molecule has 0 saturated carbocycles. The largest absolute Gasteiger partial charge is 0.481 e. The summed E-state index contributed by atoms with van der Waals surface area (Å²) in [6, 6.07) is 12.5. The quantitative estimate of drug-likeness (QED) is 0.377. The maximum atomic E-state index is 12.3. The summed E-state index contributed by atoms with van der Waals surface area (Å²) in [5.41, 5.74) is 1.56. The fourth-order valence-corrected chi connectivity index (χ4v) is 4.23. The number of hydrogen-bond donors (Lipinski definition) is 2. The monoisotopic (exact) mass is 447 g/mol. The van der Waals surface area contributed by atoms with Gasteiger partial charge >= 0.3 is 16.1 Å². The molecule has 1 aliphatic rings. The van der Waals surface area contributed by atoms with E-state index in [9.17, 15) is 18.0 Å². The maximum absolute atomic E-state index is 12.3. The zero-order chi connectivity index (χ0) is 21.7. The minimum Gasteiger partial charge on any atom is -0.481 e. The van der Waals surface area contributed by atoms with Crippen LogP contribution in [0.1, 0.15) is 17.5 Å². The topological polar surface area (TPSA) is 134 Å². The van der Waals surface area contributed by atoms with E-state index in [2.05, 4.69) is 15.5 Å². The van der Waals surface area contributed by atoms with Gasteiger partial charge in [-0.2, -0.15) is 13.5 Å². The Bertz CT molecular complexity index is 1110. The molecule has 1 fully saturated rings. The lowest BCUT2D eigenvalue weighted by Gasteiger charge is -2.07. The summed E-state index contributed by atoms with van der Waals surface area (Å²) in [4.78, 5) is 22.4. The third-order valence-corrected chi connectivity index (χ3v) is 6.22. The third kappa shape index (κ3) is 5.67. The minimum atomic E-state index is -3.93. The van der Waals surface area contributed by atoms with E-state index in [0.717, 1.165) is 17.3 Å². The van der Waals surface area contributed by atoms with Crippen LogP contribution in [0.3, 0.4) is 0 Å². The van der Waals surface area contributed by atoms with Gasteiger partial charge in [0.25, 0.3) is 0 Å². The van der Waals surface area contributed by atoms with Crippen molar-refractivity contribution in [2.75, 3.05) is 0 Å². The first-order chi connectivity index (χ1) is 14.2. The average molecular weight is 447 g/mol. The summed E-state index contributed by atoms with van der Waals surface area (Å²) >= 11 is 0.998. The normalized spacial score (nSPS) is 18.0. The highest BCUT2D eigenvalue weighted by molar-refractivity contribution is 8.15. The predicted octanol–water partition coefficient (Wildman–Crippen LogP) is 2.16. The number of aliphatic carboxylic acids is 1. The first-order valence-electron chi connectivity index (χ1n) is 8.64. The van der Waals surface area contributed by atoms with Gasteiger partial charge in [-0.05, 0) is 48.9 Å². The molecular formula is C19H17N3O6S2. The van der Waals surface area contributed by atoms with Gasteiger partial charge in [0, 0.05) is 0 Å². The first-order valence-corrected chi connectivity index (χ1v) is 10.9. The molecule has 1 atom stereocenters. The van der Waals surface area contributed by atoms with Crippen molar-refractivity contribution in [3.05, 3.63) is 59.7 Å². The van der Waals surface area contributed by atoms with Gasteiger partial charge in [-0.3, -0.25) is 9.59 Å². The number of benzene rings is 2. The molecule has 0 bridgehead atoms. The smallest absolute Gasteiger partial charge is 0.339 e. The van der Waals surface area contributed by atoms with E-state index in [1.54, 1.807) is 24.3 Å². The van der Waals surface area contributed by atoms with Crippen molar-refractivity contribution in [2.45, 2.75) is 23.5 Å². The number of carbonyl (C=O) groups is 2. The molecule has 1 aliphatic heterocycles. The molecule has 0 aromatic heterocycles. The van der Waals surface area contributed by atoms with Crippen LogP contribution in [0, 0.1) is 6.92 Å². The molecule has 1 heterocycles. The number of nitrogens with one attached hydrogen (secondary N) is 1. The van der Waals surface area contributed by atoms with Gasteiger partial charge in [-0.15, -0.1) is 5.10 Å². The summed E-state index contributed by atoms with van der Waals surface area (Å²) in [7, 11) is -3.93. The Balaban J connectivity index is 1.61. The summed E-state index contributed by atoms with van der Waals surface area (Å²) < 4.78 is 29.7. The third-order valence-electron chi connectivity index (χ3n) is 3.89. The van der Waals surface area contributed by atoms with Crippen LogP contribution in [0.25, 0.3) is 0 Å². The number of rotatable bonds is 7. The number of amides is 1. The number of nitrogens with zero attached hydrogens (tertiary/aromatic N) is 2. The second-order valence-electron chi connectivity index (χ2n) is 6.26. The highest BCUT2D eigenvalue weighted by Crippen LogP contribution is 2.22. The Morgan fingerprint density at radius 2 is 1.87 bits per heavy atom. The van der Waals surface area contributed by atoms with Crippen molar-refractivity contribution in [3.63, 3.8) is 0 Å². The van der Waals surface area contributed by atoms with E-state index >= 15 is 0 Å². The Labute approximate surface area is 177 Å². The summed E-state index contributed by atoms with van der Waals surface area (Å²) in [5.74, 6) is -1.35. The van der Waals surface area contributed by atoms with Gasteiger partial charge in [0.15, 0.2) is 5.17 Å². The van der Waals surface area contributed by atoms with Crippen molar-refractivity contribution >= 4 is 45.1 Å². The highest BCUT2D eigenvalue weighted by atomic mass is 32.2. The number of hydrogen-bond acceptors (Lipinski definition) is 8. The summed E-state index contributed by atoms with van der Waals surface area (Å²) in [6.07, 6.45) is 1.11. The molecule has 1 saturated heterocycles. The maximum Gasteiger partial charge on any atom is 0.339 e. The second kappa shape index (κ2) is 9.09. The van der Waals surface area contributed by atoms with Crippen LogP contribution in [0.15, 0.2) is 63.6 Å². The molecule has 0 radical (unpaired) electrons. The number of amidine groups is 1. The first kappa shape index (κ1) is 21.5. The molecule has 2 aromatic carbocycles. The van der Waals surface area contributed by atoms with E-state index in [4.69, 9.17) is 9.29 Å². The molecule has 2 aromatic rings. The molecule has 0 spiro atoms. The predicted molar refractivity (Wildman–Crippen MR) is 112 cm³/mol. The van der Waals surface area contributed by atoms with Gasteiger partial charge in [-0.25, -0.2) is 0 Å². The lowest BCUT2D eigenvalue weighted by molar-refractivity contribution is -0.138. The zero-order valence-electron chi connectivity index (χ0n) is 15.7. The lowest BCUT2D eigenvalue weighted by atomic mass is 10.2. The Morgan fingerprint density at radius 1 is 1.20 bits per heavy atom. The molecule has 0 unspecified atom stereocenters. The second-order valence-corrected chi connectivity index (χ2v) is 9.00. The van der Waals surface area contributed by atoms with Crippen LogP contribution in [0.4, 0.5) is 0 Å². The minimum absolute atomic E-state index is 0.0619. The fraction of sp³-hybridized carbons (Fsp3) is 0.158. The molecule has 11 heteroatoms. The van der Waals surface area contributed by atoms with Crippen LogP contribution >= 0.6 is 11.8 Å². The Morgan fingerprint density at radius 3 is 2.50 bits per heavy atom. The molecule has 3 rings (SSSR count). The van der Waals surface area contributed by atoms with E-state index in [0.29, 0.717) is 5.56 Å². The van der Waals surface area contributed by atoms with Gasteiger partial charge in [0.2, 0.25) is 5.91 Å². The molecule has 0 aliphatic carbocycles. The van der Waals surface area contributed by atoms with Crippen LogP contribution in [0.5, 0.6) is 5.75 Å². The number of carbonyl (C=O) groups excluding carboxylic acids is 1. The summed E-state index contributed by atoms with van der Waals surface area (Å²) in [5, 5.41) is 18.4. The molecular weight excluding hydrogens is 430 g/mol. The standard InChI is InChI=1S/C19H17N3O6S2/c1-12-2-8-15(9-3-12)30(26,27)28-14-6-4-13(5-7-14)11-20-22-19-21-18(25)16(29-19)10-17(23)24/h2-9,11,16H,10H2,1H3,(H,23,24)(H,21,22,25)/b20-11-/t16-/m0/s1. The van der Waals surface area contributed by atoms with Crippen molar-refractivity contribution in [1.29, 1.82) is 0 Å². The zero-order valence-corrected chi connectivity index (χ0v) is 17.3. The van der Waals surface area contributed by atoms with Gasteiger partial charge < -0.3 is 14.6 Å². The molecule has 1 amide bonds. The van der Waals surface area contributed by atoms with Crippen molar-refractivity contribution in [3.8, 4) is 5.75 Å². The molecule has 2 N–H and O–H groups in total. The van der Waals surface area contributed by atoms with Crippen LogP contribution in [-0.4, -0.2) is 42.0 Å². The van der Waals surface area contributed by atoms with Gasteiger partial charge in [0.05, 0.1) is 12.6 Å². The van der Waals surface area contributed by atoms with Crippen LogP contribution in [-0.2, 0) is 19.7 Å². The van der Waals surface area contributed by atoms with Gasteiger partial charge in [-0.1, -0.05) is 29.5 Å². The molecule has 9 nitrogen and oxygen atoms in total. The van der Waals surface area contributed by atoms with E-state index < -0.39 is 27.2 Å². The Hall–Kier alpha value is -3.18.